The number of hydrogen-bond acceptors (Lipinski definition) is 3. The molecule has 0 aliphatic carbocycles. The molecule has 0 saturated carbocycles. The summed E-state index contributed by atoms with van der Waals surface area (Å²) in [4.78, 5) is 19.7. The maximum atomic E-state index is 12.3. The van der Waals surface area contributed by atoms with Crippen LogP contribution in [-0.4, -0.2) is 29.7 Å². The number of benzene rings is 2. The van der Waals surface area contributed by atoms with E-state index in [4.69, 9.17) is 9.47 Å². The molecule has 0 unspecified atom stereocenters. The Morgan fingerprint density at radius 3 is 2.08 bits per heavy atom. The second kappa shape index (κ2) is 7.09. The number of carbonyl (C=O) groups excluding carboxylic acids is 1. The van der Waals surface area contributed by atoms with Crippen LogP contribution in [-0.2, 0) is 7.05 Å². The molecule has 25 heavy (non-hydrogen) atoms. The fourth-order valence-electron chi connectivity index (χ4n) is 2.41. The third-order valence-corrected chi connectivity index (χ3v) is 3.85. The predicted molar refractivity (Wildman–Crippen MR) is 94.6 cm³/mol. The first-order valence-electron chi connectivity index (χ1n) is 7.74. The molecule has 0 saturated heterocycles. The van der Waals surface area contributed by atoms with E-state index in [0.29, 0.717) is 16.9 Å². The molecule has 128 valence electrons. The van der Waals surface area contributed by atoms with Gasteiger partial charge in [-0.05, 0) is 54.1 Å². The van der Waals surface area contributed by atoms with Crippen LogP contribution >= 0.6 is 0 Å². The molecule has 0 aliphatic rings. The minimum Gasteiger partial charge on any atom is -0.497 e. The number of H-pyrrole nitrogens is 1. The van der Waals surface area contributed by atoms with Crippen LogP contribution in [0.5, 0.6) is 11.5 Å². The third-order valence-electron chi connectivity index (χ3n) is 3.85. The Morgan fingerprint density at radius 2 is 1.52 bits per heavy atom. The molecule has 0 fully saturated rings. The Morgan fingerprint density at radius 1 is 0.960 bits per heavy atom. The number of methoxy groups -OCH3 is 2. The van der Waals surface area contributed by atoms with Gasteiger partial charge in [0.15, 0.2) is 0 Å². The monoisotopic (exact) mass is 337 g/mol. The average molecular weight is 337 g/mol. The number of aromatic nitrogens is 2. The van der Waals surface area contributed by atoms with Crippen LogP contribution in [0, 0.1) is 0 Å². The molecule has 0 atom stereocenters. The number of amides is 1. The van der Waals surface area contributed by atoms with Gasteiger partial charge in [-0.3, -0.25) is 4.79 Å². The molecule has 3 rings (SSSR count). The van der Waals surface area contributed by atoms with Gasteiger partial charge in [-0.25, -0.2) is 0 Å². The van der Waals surface area contributed by atoms with Crippen LogP contribution in [0.2, 0.25) is 0 Å². The van der Waals surface area contributed by atoms with Gasteiger partial charge < -0.3 is 19.0 Å². The highest BCUT2D eigenvalue weighted by molar-refractivity contribution is 5.94. The van der Waals surface area contributed by atoms with E-state index in [2.05, 4.69) is 9.98 Å². The largest absolute Gasteiger partial charge is 0.497 e. The normalized spacial score (nSPS) is 11.4. The summed E-state index contributed by atoms with van der Waals surface area (Å²) in [5, 5.41) is 0. The van der Waals surface area contributed by atoms with E-state index in [-0.39, 0.29) is 5.91 Å². The van der Waals surface area contributed by atoms with Crippen LogP contribution in [0.3, 0.4) is 0 Å². The quantitative estimate of drug-likeness (QED) is 0.796. The zero-order valence-corrected chi connectivity index (χ0v) is 14.3. The van der Waals surface area contributed by atoms with Crippen molar-refractivity contribution in [2.24, 2.45) is 12.0 Å². The first-order chi connectivity index (χ1) is 12.1. The molecular formula is C19H19N3O3. The molecule has 3 aromatic rings. The Bertz CT molecular complexity index is 935. The van der Waals surface area contributed by atoms with Crippen molar-refractivity contribution in [3.05, 3.63) is 65.9 Å². The van der Waals surface area contributed by atoms with Gasteiger partial charge in [0.25, 0.3) is 5.91 Å². The summed E-state index contributed by atoms with van der Waals surface area (Å²) in [6.07, 6.45) is 1.89. The van der Waals surface area contributed by atoms with Crippen LogP contribution < -0.4 is 15.1 Å². The number of aryl methyl sites for hydroxylation is 1. The minimum absolute atomic E-state index is 0.318. The smallest absolute Gasteiger partial charge is 0.280 e. The molecule has 2 aromatic carbocycles. The number of carbonyl (C=O) groups is 1. The summed E-state index contributed by atoms with van der Waals surface area (Å²) >= 11 is 0. The number of imidazole rings is 1. The molecule has 0 spiro atoms. The molecular weight excluding hydrogens is 318 g/mol. The number of hydrogen-bond donors (Lipinski definition) is 1. The zero-order valence-electron chi connectivity index (χ0n) is 14.3. The number of nitrogens with zero attached hydrogens (tertiary/aromatic N) is 2. The van der Waals surface area contributed by atoms with Crippen molar-refractivity contribution in [2.75, 3.05) is 14.2 Å². The highest BCUT2D eigenvalue weighted by atomic mass is 16.5. The minimum atomic E-state index is -0.318. The first-order valence-corrected chi connectivity index (χ1v) is 7.74. The van der Waals surface area contributed by atoms with E-state index in [1.54, 1.807) is 43.1 Å². The van der Waals surface area contributed by atoms with Gasteiger partial charge >= 0.3 is 0 Å². The van der Waals surface area contributed by atoms with Crippen molar-refractivity contribution in [3.8, 4) is 22.8 Å². The zero-order chi connectivity index (χ0) is 17.8. The maximum Gasteiger partial charge on any atom is 0.280 e. The summed E-state index contributed by atoms with van der Waals surface area (Å²) in [5.41, 5.74) is 2.83. The Hall–Kier alpha value is -3.28. The van der Waals surface area contributed by atoms with Crippen LogP contribution in [0.15, 0.2) is 59.7 Å². The summed E-state index contributed by atoms with van der Waals surface area (Å²) < 4.78 is 12.0. The van der Waals surface area contributed by atoms with E-state index in [1.807, 2.05) is 37.5 Å². The lowest BCUT2D eigenvalue weighted by Gasteiger charge is -2.00. The molecule has 0 radical (unpaired) electrons. The highest BCUT2D eigenvalue weighted by Crippen LogP contribution is 2.19. The van der Waals surface area contributed by atoms with Crippen molar-refractivity contribution in [3.63, 3.8) is 0 Å². The Balaban J connectivity index is 1.90. The fraction of sp³-hybridized carbons (Fsp3) is 0.158. The standard InChI is InChI=1S/C19H19N3O3/c1-22-12-17(13-4-8-15(24-2)9-5-13)20-19(22)21-18(23)14-6-10-16(25-3)11-7-14/h4-12H,1-3H3,(H,20,21,23). The van der Waals surface area contributed by atoms with E-state index in [1.165, 1.54) is 0 Å². The Labute approximate surface area is 145 Å². The lowest BCUT2D eigenvalue weighted by molar-refractivity contribution is 0.0996. The molecule has 0 aliphatic heterocycles. The first kappa shape index (κ1) is 16.6. The maximum absolute atomic E-state index is 12.3. The van der Waals surface area contributed by atoms with Crippen LogP contribution in [0.25, 0.3) is 11.3 Å². The average Bonchev–Trinajstić information content (AvgIpc) is 3.02. The van der Waals surface area contributed by atoms with Crippen LogP contribution in [0.4, 0.5) is 0 Å². The van der Waals surface area contributed by atoms with Crippen molar-refractivity contribution in [1.29, 1.82) is 0 Å². The number of ether oxygens (including phenoxy) is 2. The number of aromatic amines is 1. The molecule has 1 aromatic heterocycles. The van der Waals surface area contributed by atoms with Crippen LogP contribution in [0.1, 0.15) is 10.4 Å². The van der Waals surface area contributed by atoms with Crippen molar-refractivity contribution in [1.82, 2.24) is 9.55 Å². The van der Waals surface area contributed by atoms with Crippen molar-refractivity contribution < 1.29 is 14.3 Å². The third kappa shape index (κ3) is 3.63. The van der Waals surface area contributed by atoms with Gasteiger partial charge in [-0.2, -0.15) is 4.99 Å². The summed E-state index contributed by atoms with van der Waals surface area (Å²) in [6.45, 7) is 0. The highest BCUT2D eigenvalue weighted by Gasteiger charge is 2.07. The number of rotatable bonds is 4. The van der Waals surface area contributed by atoms with Crippen molar-refractivity contribution in [2.45, 2.75) is 0 Å². The predicted octanol–water partition coefficient (Wildman–Crippen LogP) is 2.78. The number of nitrogens with one attached hydrogen (secondary N) is 1. The van der Waals surface area contributed by atoms with Crippen molar-refractivity contribution >= 4 is 5.91 Å². The van der Waals surface area contributed by atoms with Gasteiger partial charge in [-0.15, -0.1) is 0 Å². The second-order valence-electron chi connectivity index (χ2n) is 5.48. The SMILES string of the molecule is COc1ccc(C(=O)/N=c2\[nH]c(-c3ccc(OC)cc3)cn2C)cc1. The summed E-state index contributed by atoms with van der Waals surface area (Å²) in [6, 6.07) is 14.5. The lowest BCUT2D eigenvalue weighted by atomic mass is 10.2. The van der Waals surface area contributed by atoms with Gasteiger partial charge in [0.1, 0.15) is 11.5 Å². The molecule has 1 amide bonds. The van der Waals surface area contributed by atoms with Gasteiger partial charge in [0, 0.05) is 18.8 Å². The van der Waals surface area contributed by atoms with Gasteiger partial charge in [-0.1, -0.05) is 0 Å². The summed E-state index contributed by atoms with van der Waals surface area (Å²) in [5.74, 6) is 1.17. The van der Waals surface area contributed by atoms with E-state index in [9.17, 15) is 4.79 Å². The Kier molecular flexibility index (Phi) is 4.70. The molecule has 6 nitrogen and oxygen atoms in total. The molecule has 1 heterocycles. The van der Waals surface area contributed by atoms with Gasteiger partial charge in [0.05, 0.1) is 19.9 Å². The van der Waals surface area contributed by atoms with E-state index >= 15 is 0 Å². The molecule has 1 N–H and O–H groups in total. The topological polar surface area (TPSA) is 68.6 Å². The van der Waals surface area contributed by atoms with E-state index in [0.717, 1.165) is 17.0 Å². The van der Waals surface area contributed by atoms with Gasteiger partial charge in [0.2, 0.25) is 5.62 Å². The fourth-order valence-corrected chi connectivity index (χ4v) is 2.41. The van der Waals surface area contributed by atoms with E-state index < -0.39 is 0 Å². The summed E-state index contributed by atoms with van der Waals surface area (Å²) in [7, 11) is 5.05. The molecule has 6 heteroatoms. The lowest BCUT2D eigenvalue weighted by Crippen LogP contribution is -2.17. The second-order valence-corrected chi connectivity index (χ2v) is 5.48. The molecule has 0 bridgehead atoms.